The number of nitrogens with zero attached hydrogens (tertiary/aromatic N) is 1. The lowest BCUT2D eigenvalue weighted by molar-refractivity contribution is -0.128. The molecule has 4 rings (SSSR count). The number of amides is 2. The third-order valence-electron chi connectivity index (χ3n) is 6.22. The molecule has 2 atom stereocenters. The Labute approximate surface area is 222 Å². The van der Waals surface area contributed by atoms with E-state index in [0.29, 0.717) is 28.8 Å². The molecule has 2 amide bonds. The van der Waals surface area contributed by atoms with Crippen molar-refractivity contribution >= 4 is 35.2 Å². The van der Waals surface area contributed by atoms with E-state index in [9.17, 15) is 9.59 Å². The highest BCUT2D eigenvalue weighted by Crippen LogP contribution is 2.39. The number of hydrogen-bond donors (Lipinski definition) is 1. The van der Waals surface area contributed by atoms with Crippen LogP contribution in [-0.2, 0) is 11.3 Å². The summed E-state index contributed by atoms with van der Waals surface area (Å²) in [5, 5.41) is 3.79. The molecule has 7 heteroatoms. The van der Waals surface area contributed by atoms with Gasteiger partial charge in [0, 0.05) is 17.1 Å². The Balaban J connectivity index is 1.46. The fourth-order valence-corrected chi connectivity index (χ4v) is 5.63. The van der Waals surface area contributed by atoms with Gasteiger partial charge in [0.25, 0.3) is 5.91 Å². The lowest BCUT2D eigenvalue weighted by Crippen LogP contribution is -2.30. The molecule has 0 aromatic heterocycles. The molecule has 0 bridgehead atoms. The Bertz CT molecular complexity index is 1180. The van der Waals surface area contributed by atoms with E-state index in [4.69, 9.17) is 16.3 Å². The topological polar surface area (TPSA) is 58.6 Å². The first kappa shape index (κ1) is 26.1. The molecule has 1 aliphatic heterocycles. The van der Waals surface area contributed by atoms with Crippen molar-refractivity contribution in [1.29, 1.82) is 0 Å². The molecule has 5 nitrogen and oxygen atoms in total. The molecule has 0 aliphatic carbocycles. The zero-order chi connectivity index (χ0) is 25.7. The van der Waals surface area contributed by atoms with Gasteiger partial charge in [-0.2, -0.15) is 0 Å². The Morgan fingerprint density at radius 3 is 2.33 bits per heavy atom. The molecule has 3 aromatic carbocycles. The number of rotatable bonds is 9. The van der Waals surface area contributed by atoms with Crippen molar-refractivity contribution in [1.82, 2.24) is 10.2 Å². The maximum atomic E-state index is 13.1. The summed E-state index contributed by atoms with van der Waals surface area (Å²) in [5.41, 5.74) is 3.68. The van der Waals surface area contributed by atoms with Crippen LogP contribution in [0.1, 0.15) is 58.7 Å². The van der Waals surface area contributed by atoms with Crippen LogP contribution in [0.4, 0.5) is 0 Å². The summed E-state index contributed by atoms with van der Waals surface area (Å²) in [5.74, 6) is 1.65. The molecule has 3 aromatic rings. The number of carbonyl (C=O) groups is 2. The summed E-state index contributed by atoms with van der Waals surface area (Å²) in [6.45, 7) is 4.82. The first-order valence-electron chi connectivity index (χ1n) is 12.0. The number of hydrogen-bond acceptors (Lipinski definition) is 4. The van der Waals surface area contributed by atoms with Crippen molar-refractivity contribution in [3.8, 4) is 5.75 Å². The Morgan fingerprint density at radius 1 is 1.06 bits per heavy atom. The Hall–Kier alpha value is -2.96. The number of carbonyl (C=O) groups excluding carboxylic acids is 2. The number of nitrogens with one attached hydrogen (secondary N) is 1. The van der Waals surface area contributed by atoms with Gasteiger partial charge in [0.1, 0.15) is 11.1 Å². The standard InChI is InChI=1S/C29H31ClN2O3S/c1-19(2)16-26(21-10-14-25(35-3)15-11-21)31-28(34)22-6-8-23(9-7-22)29-32(27(33)18-36-29)17-20-4-12-24(30)13-5-20/h4-15,19,26,29H,16-18H2,1-3H3,(H,31,34)/t26-,29-/m1/s1. The van der Waals surface area contributed by atoms with Gasteiger partial charge in [-0.25, -0.2) is 0 Å². The van der Waals surface area contributed by atoms with Gasteiger partial charge >= 0.3 is 0 Å². The number of halogens is 1. The first-order valence-corrected chi connectivity index (χ1v) is 13.5. The average Bonchev–Trinajstić information content (AvgIpc) is 3.24. The van der Waals surface area contributed by atoms with Gasteiger partial charge in [0.15, 0.2) is 0 Å². The Kier molecular flexibility index (Phi) is 8.60. The molecule has 0 radical (unpaired) electrons. The van der Waals surface area contributed by atoms with Crippen LogP contribution in [0.3, 0.4) is 0 Å². The molecule has 1 saturated heterocycles. The summed E-state index contributed by atoms with van der Waals surface area (Å²) in [6.07, 6.45) is 0.830. The Morgan fingerprint density at radius 2 is 1.72 bits per heavy atom. The minimum absolute atomic E-state index is 0.0849. The lowest BCUT2D eigenvalue weighted by Gasteiger charge is -2.25. The van der Waals surface area contributed by atoms with Crippen LogP contribution < -0.4 is 10.1 Å². The molecule has 188 valence electrons. The monoisotopic (exact) mass is 522 g/mol. The predicted molar refractivity (Wildman–Crippen MR) is 146 cm³/mol. The van der Waals surface area contributed by atoms with E-state index in [1.807, 2.05) is 77.7 Å². The number of methoxy groups -OCH3 is 1. The summed E-state index contributed by atoms with van der Waals surface area (Å²) in [7, 11) is 1.64. The van der Waals surface area contributed by atoms with Crippen LogP contribution in [0.2, 0.25) is 5.02 Å². The smallest absolute Gasteiger partial charge is 0.251 e. The van der Waals surface area contributed by atoms with Crippen LogP contribution in [-0.4, -0.2) is 29.6 Å². The predicted octanol–water partition coefficient (Wildman–Crippen LogP) is 6.64. The second kappa shape index (κ2) is 11.8. The van der Waals surface area contributed by atoms with Gasteiger partial charge in [0.2, 0.25) is 5.91 Å². The molecular weight excluding hydrogens is 492 g/mol. The number of ether oxygens (including phenoxy) is 1. The number of benzene rings is 3. The zero-order valence-corrected chi connectivity index (χ0v) is 22.3. The van der Waals surface area contributed by atoms with E-state index in [0.717, 1.165) is 28.9 Å². The van der Waals surface area contributed by atoms with Crippen LogP contribution >= 0.6 is 23.4 Å². The second-order valence-electron chi connectivity index (χ2n) is 9.36. The summed E-state index contributed by atoms with van der Waals surface area (Å²) in [4.78, 5) is 27.6. The van der Waals surface area contributed by atoms with Gasteiger partial charge < -0.3 is 15.0 Å². The fraction of sp³-hybridized carbons (Fsp3) is 0.310. The highest BCUT2D eigenvalue weighted by Gasteiger charge is 2.32. The first-order chi connectivity index (χ1) is 17.3. The molecule has 0 saturated carbocycles. The van der Waals surface area contributed by atoms with Gasteiger partial charge in [-0.3, -0.25) is 9.59 Å². The molecule has 1 aliphatic rings. The van der Waals surface area contributed by atoms with Crippen LogP contribution in [0.5, 0.6) is 5.75 Å². The van der Waals surface area contributed by atoms with Crippen LogP contribution in [0.15, 0.2) is 72.8 Å². The largest absolute Gasteiger partial charge is 0.497 e. The third kappa shape index (κ3) is 6.42. The quantitative estimate of drug-likeness (QED) is 0.342. The fourth-order valence-electron chi connectivity index (χ4n) is 4.31. The van der Waals surface area contributed by atoms with Crippen molar-refractivity contribution in [2.75, 3.05) is 12.9 Å². The van der Waals surface area contributed by atoms with Crippen molar-refractivity contribution in [2.24, 2.45) is 5.92 Å². The summed E-state index contributed by atoms with van der Waals surface area (Å²) < 4.78 is 5.27. The highest BCUT2D eigenvalue weighted by molar-refractivity contribution is 8.00. The molecule has 0 spiro atoms. The van der Waals surface area contributed by atoms with E-state index >= 15 is 0 Å². The number of thioether (sulfide) groups is 1. The molecule has 36 heavy (non-hydrogen) atoms. The van der Waals surface area contributed by atoms with Crippen LogP contribution in [0, 0.1) is 5.92 Å². The van der Waals surface area contributed by atoms with Crippen molar-refractivity contribution in [3.05, 3.63) is 100 Å². The molecular formula is C29H31ClN2O3S. The van der Waals surface area contributed by atoms with E-state index in [2.05, 4.69) is 19.2 Å². The second-order valence-corrected chi connectivity index (χ2v) is 10.9. The van der Waals surface area contributed by atoms with Crippen molar-refractivity contribution < 1.29 is 14.3 Å². The van der Waals surface area contributed by atoms with E-state index in [1.165, 1.54) is 0 Å². The van der Waals surface area contributed by atoms with Gasteiger partial charge in [-0.15, -0.1) is 11.8 Å². The molecule has 1 heterocycles. The molecule has 0 unspecified atom stereocenters. The van der Waals surface area contributed by atoms with E-state index in [-0.39, 0.29) is 23.2 Å². The lowest BCUT2D eigenvalue weighted by atomic mass is 9.96. The van der Waals surface area contributed by atoms with Crippen LogP contribution in [0.25, 0.3) is 0 Å². The van der Waals surface area contributed by atoms with E-state index in [1.54, 1.807) is 18.9 Å². The minimum atomic E-state index is -0.115. The highest BCUT2D eigenvalue weighted by atomic mass is 35.5. The summed E-state index contributed by atoms with van der Waals surface area (Å²) >= 11 is 7.61. The normalized spacial score (nSPS) is 16.3. The SMILES string of the molecule is COc1ccc([C@@H](CC(C)C)NC(=O)c2ccc([C@H]3SCC(=O)N3Cc3ccc(Cl)cc3)cc2)cc1. The average molecular weight is 523 g/mol. The summed E-state index contributed by atoms with van der Waals surface area (Å²) in [6, 6.07) is 22.9. The molecule has 1 fully saturated rings. The maximum Gasteiger partial charge on any atom is 0.251 e. The third-order valence-corrected chi connectivity index (χ3v) is 7.73. The van der Waals surface area contributed by atoms with Gasteiger partial charge in [-0.1, -0.05) is 61.8 Å². The minimum Gasteiger partial charge on any atom is -0.497 e. The van der Waals surface area contributed by atoms with Crippen molar-refractivity contribution in [2.45, 2.75) is 38.2 Å². The van der Waals surface area contributed by atoms with Gasteiger partial charge in [-0.05, 0) is 65.4 Å². The van der Waals surface area contributed by atoms with Gasteiger partial charge in [0.05, 0.1) is 18.9 Å². The van der Waals surface area contributed by atoms with Crippen molar-refractivity contribution in [3.63, 3.8) is 0 Å². The van der Waals surface area contributed by atoms with E-state index < -0.39 is 0 Å². The maximum absolute atomic E-state index is 13.1. The molecule has 1 N–H and O–H groups in total. The zero-order valence-electron chi connectivity index (χ0n) is 20.7.